The van der Waals surface area contributed by atoms with E-state index in [0.29, 0.717) is 42.8 Å². The molecule has 0 saturated heterocycles. The second-order valence-electron chi connectivity index (χ2n) is 6.94. The molecule has 0 heterocycles. The molecular formula is C27H26N2O5. The van der Waals surface area contributed by atoms with Gasteiger partial charge in [-0.15, -0.1) is 0 Å². The number of nitrogens with zero attached hydrogens (tertiary/aromatic N) is 1. The summed E-state index contributed by atoms with van der Waals surface area (Å²) in [4.78, 5) is 12.3. The van der Waals surface area contributed by atoms with Crippen molar-refractivity contribution in [3.8, 4) is 29.1 Å². The molecule has 3 aromatic rings. The number of amides is 1. The van der Waals surface area contributed by atoms with Crippen molar-refractivity contribution in [1.82, 2.24) is 0 Å². The quantitative estimate of drug-likeness (QED) is 0.300. The Morgan fingerprint density at radius 1 is 0.882 bits per heavy atom. The second kappa shape index (κ2) is 13.2. The molecule has 0 aliphatic rings. The molecule has 0 spiro atoms. The number of nitrogens with one attached hydrogen (secondary N) is 1. The summed E-state index contributed by atoms with van der Waals surface area (Å²) in [5.41, 5.74) is 1.42. The smallest absolute Gasteiger partial charge is 0.248 e. The van der Waals surface area contributed by atoms with Crippen LogP contribution in [0.5, 0.6) is 23.0 Å². The van der Waals surface area contributed by atoms with Crippen LogP contribution in [0.1, 0.15) is 12.5 Å². The highest BCUT2D eigenvalue weighted by Gasteiger charge is 2.07. The van der Waals surface area contributed by atoms with Crippen LogP contribution in [-0.2, 0) is 4.79 Å². The molecule has 0 unspecified atom stereocenters. The average molecular weight is 459 g/mol. The maximum Gasteiger partial charge on any atom is 0.248 e. The Labute approximate surface area is 199 Å². The van der Waals surface area contributed by atoms with Gasteiger partial charge in [0, 0.05) is 11.8 Å². The Bertz CT molecular complexity index is 1120. The number of carbonyl (C=O) groups is 1. The van der Waals surface area contributed by atoms with Crippen molar-refractivity contribution in [1.29, 1.82) is 5.26 Å². The van der Waals surface area contributed by atoms with Crippen LogP contribution in [-0.4, -0.2) is 32.3 Å². The van der Waals surface area contributed by atoms with Crippen molar-refractivity contribution in [2.75, 3.05) is 31.7 Å². The third kappa shape index (κ3) is 7.92. The van der Waals surface area contributed by atoms with E-state index in [4.69, 9.17) is 24.2 Å². The van der Waals surface area contributed by atoms with Gasteiger partial charge in [0.1, 0.15) is 30.8 Å². The number of carbonyl (C=O) groups excluding carboxylic acids is 1. The SMILES string of the molecule is CCOc1cc(/C=C/C(=O)Nc2ccc(OCC#N)cc2)ccc1OCCOc1ccccc1. The molecule has 3 aromatic carbocycles. The van der Waals surface area contributed by atoms with Gasteiger partial charge < -0.3 is 24.3 Å². The van der Waals surface area contributed by atoms with E-state index >= 15 is 0 Å². The predicted octanol–water partition coefficient (Wildman–Crippen LogP) is 5.10. The average Bonchev–Trinajstić information content (AvgIpc) is 2.86. The summed E-state index contributed by atoms with van der Waals surface area (Å²) in [6.07, 6.45) is 3.14. The number of para-hydroxylation sites is 1. The molecule has 0 aliphatic heterocycles. The Balaban J connectivity index is 1.53. The van der Waals surface area contributed by atoms with E-state index in [9.17, 15) is 4.79 Å². The molecule has 1 amide bonds. The number of anilines is 1. The van der Waals surface area contributed by atoms with E-state index in [2.05, 4.69) is 5.32 Å². The summed E-state index contributed by atoms with van der Waals surface area (Å²) in [5, 5.41) is 11.3. The molecule has 0 bridgehead atoms. The number of hydrogen-bond acceptors (Lipinski definition) is 6. The lowest BCUT2D eigenvalue weighted by molar-refractivity contribution is -0.111. The van der Waals surface area contributed by atoms with Crippen molar-refractivity contribution in [3.05, 3.63) is 84.4 Å². The highest BCUT2D eigenvalue weighted by Crippen LogP contribution is 2.29. The van der Waals surface area contributed by atoms with E-state index in [0.717, 1.165) is 11.3 Å². The highest BCUT2D eigenvalue weighted by molar-refractivity contribution is 6.02. The number of hydrogen-bond donors (Lipinski definition) is 1. The molecule has 0 radical (unpaired) electrons. The zero-order valence-electron chi connectivity index (χ0n) is 18.9. The Hall–Kier alpha value is -4.44. The van der Waals surface area contributed by atoms with Gasteiger partial charge in [0.05, 0.1) is 6.61 Å². The van der Waals surface area contributed by atoms with Crippen molar-refractivity contribution in [3.63, 3.8) is 0 Å². The molecule has 0 fully saturated rings. The zero-order valence-corrected chi connectivity index (χ0v) is 18.9. The fourth-order valence-corrected chi connectivity index (χ4v) is 2.95. The van der Waals surface area contributed by atoms with E-state index in [1.807, 2.05) is 61.5 Å². The van der Waals surface area contributed by atoms with Gasteiger partial charge in [-0.2, -0.15) is 5.26 Å². The first-order valence-corrected chi connectivity index (χ1v) is 10.8. The fourth-order valence-electron chi connectivity index (χ4n) is 2.95. The molecule has 0 saturated carbocycles. The number of nitriles is 1. The van der Waals surface area contributed by atoms with Crippen molar-refractivity contribution in [2.45, 2.75) is 6.92 Å². The topological polar surface area (TPSA) is 89.8 Å². The second-order valence-corrected chi connectivity index (χ2v) is 6.94. The van der Waals surface area contributed by atoms with Gasteiger partial charge in [0.25, 0.3) is 0 Å². The minimum Gasteiger partial charge on any atom is -0.490 e. The van der Waals surface area contributed by atoms with Gasteiger partial charge in [-0.25, -0.2) is 0 Å². The number of benzene rings is 3. The molecule has 1 N–H and O–H groups in total. The normalized spacial score (nSPS) is 10.4. The van der Waals surface area contributed by atoms with Crippen LogP contribution in [0.15, 0.2) is 78.9 Å². The molecule has 174 valence electrons. The van der Waals surface area contributed by atoms with Crippen molar-refractivity contribution in [2.24, 2.45) is 0 Å². The van der Waals surface area contributed by atoms with Gasteiger partial charge in [0.15, 0.2) is 18.1 Å². The largest absolute Gasteiger partial charge is 0.490 e. The lowest BCUT2D eigenvalue weighted by Crippen LogP contribution is -2.10. The van der Waals surface area contributed by atoms with Crippen LogP contribution in [0.2, 0.25) is 0 Å². The molecular weight excluding hydrogens is 432 g/mol. The van der Waals surface area contributed by atoms with Crippen LogP contribution in [0.3, 0.4) is 0 Å². The summed E-state index contributed by atoms with van der Waals surface area (Å²) < 4.78 is 22.4. The molecule has 34 heavy (non-hydrogen) atoms. The van der Waals surface area contributed by atoms with Crippen molar-refractivity contribution < 1.29 is 23.7 Å². The third-order valence-electron chi connectivity index (χ3n) is 4.47. The van der Waals surface area contributed by atoms with Crippen LogP contribution < -0.4 is 24.3 Å². The van der Waals surface area contributed by atoms with Crippen LogP contribution in [0.25, 0.3) is 6.08 Å². The molecule has 0 atom stereocenters. The molecule has 3 rings (SSSR count). The number of ether oxygens (including phenoxy) is 4. The molecule has 7 nitrogen and oxygen atoms in total. The predicted molar refractivity (Wildman–Crippen MR) is 130 cm³/mol. The summed E-state index contributed by atoms with van der Waals surface area (Å²) in [6, 6.07) is 23.7. The van der Waals surface area contributed by atoms with Gasteiger partial charge in [-0.3, -0.25) is 4.79 Å². The molecule has 0 aromatic heterocycles. The van der Waals surface area contributed by atoms with E-state index in [1.165, 1.54) is 6.08 Å². The Kier molecular flexibility index (Phi) is 9.39. The summed E-state index contributed by atoms with van der Waals surface area (Å²) in [5.74, 6) is 2.28. The van der Waals surface area contributed by atoms with Gasteiger partial charge in [0.2, 0.25) is 5.91 Å². The fraction of sp³-hybridized carbons (Fsp3) is 0.185. The first kappa shape index (κ1) is 24.2. The van der Waals surface area contributed by atoms with E-state index < -0.39 is 0 Å². The van der Waals surface area contributed by atoms with Gasteiger partial charge in [-0.05, 0) is 67.1 Å². The minimum atomic E-state index is -0.276. The Morgan fingerprint density at radius 3 is 2.35 bits per heavy atom. The molecule has 7 heteroatoms. The first-order chi connectivity index (χ1) is 16.7. The van der Waals surface area contributed by atoms with Crippen LogP contribution in [0, 0.1) is 11.3 Å². The summed E-state index contributed by atoms with van der Waals surface area (Å²) in [6.45, 7) is 3.13. The van der Waals surface area contributed by atoms with E-state index in [1.54, 1.807) is 30.3 Å². The summed E-state index contributed by atoms with van der Waals surface area (Å²) >= 11 is 0. The third-order valence-corrected chi connectivity index (χ3v) is 4.47. The standard InChI is InChI=1S/C27H26N2O5/c1-2-31-26-20-21(8-14-25(26)34-19-18-33-23-6-4-3-5-7-23)9-15-27(30)29-22-10-12-24(13-11-22)32-17-16-28/h3-15,20H,2,17-19H2,1H3,(H,29,30)/b15-9+. The summed E-state index contributed by atoms with van der Waals surface area (Å²) in [7, 11) is 0. The van der Waals surface area contributed by atoms with E-state index in [-0.39, 0.29) is 12.5 Å². The number of rotatable bonds is 12. The zero-order chi connectivity index (χ0) is 24.0. The Morgan fingerprint density at radius 2 is 1.62 bits per heavy atom. The first-order valence-electron chi connectivity index (χ1n) is 10.8. The lowest BCUT2D eigenvalue weighted by atomic mass is 10.2. The maximum absolute atomic E-state index is 12.3. The van der Waals surface area contributed by atoms with Gasteiger partial charge >= 0.3 is 0 Å². The van der Waals surface area contributed by atoms with Gasteiger partial charge in [-0.1, -0.05) is 24.3 Å². The monoisotopic (exact) mass is 458 g/mol. The highest BCUT2D eigenvalue weighted by atomic mass is 16.5. The maximum atomic E-state index is 12.3. The van der Waals surface area contributed by atoms with Crippen LogP contribution >= 0.6 is 0 Å². The minimum absolute atomic E-state index is 0.0243. The van der Waals surface area contributed by atoms with Crippen molar-refractivity contribution >= 4 is 17.7 Å². The van der Waals surface area contributed by atoms with Crippen LogP contribution in [0.4, 0.5) is 5.69 Å². The molecule has 0 aliphatic carbocycles. The lowest BCUT2D eigenvalue weighted by Gasteiger charge is -2.13.